The average molecular weight is 291 g/mol. The molecule has 0 rings (SSSR count). The van der Waals surface area contributed by atoms with Gasteiger partial charge in [0.2, 0.25) is 0 Å². The molecule has 0 aliphatic heterocycles. The fourth-order valence-electron chi connectivity index (χ4n) is 0.853. The van der Waals surface area contributed by atoms with Gasteiger partial charge in [0.05, 0.1) is 6.10 Å². The number of rotatable bonds is 6. The van der Waals surface area contributed by atoms with Gasteiger partial charge in [0, 0.05) is 19.9 Å². The van der Waals surface area contributed by atoms with Crippen LogP contribution in [0.15, 0.2) is 23.2 Å². The fourth-order valence-corrected chi connectivity index (χ4v) is 1.66. The van der Waals surface area contributed by atoms with Gasteiger partial charge >= 0.3 is 0 Å². The second-order valence-corrected chi connectivity index (χ2v) is 9.70. The maximum absolute atomic E-state index is 5.82. The van der Waals surface area contributed by atoms with Gasteiger partial charge in [-0.1, -0.05) is 55.5 Å². The van der Waals surface area contributed by atoms with E-state index in [1.165, 1.54) is 0 Å². The van der Waals surface area contributed by atoms with Crippen LogP contribution in [0.5, 0.6) is 0 Å². The third-order valence-corrected chi connectivity index (χ3v) is 6.75. The monoisotopic (exact) mass is 290 g/mol. The summed E-state index contributed by atoms with van der Waals surface area (Å²) in [5, 5.41) is 0.364. The summed E-state index contributed by atoms with van der Waals surface area (Å²) in [4.78, 5) is 0. The molecule has 1 atom stereocenters. The molecular weight excluding hydrogens is 268 g/mol. The minimum atomic E-state index is -0.659. The van der Waals surface area contributed by atoms with Crippen molar-refractivity contribution in [1.82, 2.24) is 0 Å². The first-order valence-electron chi connectivity index (χ1n) is 5.41. The van der Waals surface area contributed by atoms with Crippen molar-refractivity contribution in [2.24, 2.45) is 0 Å². The van der Waals surface area contributed by atoms with Gasteiger partial charge < -0.3 is 4.74 Å². The van der Waals surface area contributed by atoms with Gasteiger partial charge in [-0.3, -0.25) is 0 Å². The molecule has 0 unspecified atom stereocenters. The Kier molecular flexibility index (Phi) is 6.72. The predicted octanol–water partition coefficient (Wildman–Crippen LogP) is 4.12. The molecule has 0 aliphatic rings. The van der Waals surface area contributed by atoms with E-state index >= 15 is 0 Å². The van der Waals surface area contributed by atoms with Crippen LogP contribution < -0.4 is 0 Å². The van der Waals surface area contributed by atoms with Crippen molar-refractivity contribution in [2.75, 3.05) is 6.61 Å². The Morgan fingerprint density at radius 1 is 1.53 bits per heavy atom. The van der Waals surface area contributed by atoms with Crippen molar-refractivity contribution in [2.45, 2.75) is 45.0 Å². The van der Waals surface area contributed by atoms with E-state index in [4.69, 9.17) is 4.74 Å². The molecule has 0 N–H and O–H groups in total. The van der Waals surface area contributed by atoms with Crippen LogP contribution in [0, 0.1) is 0 Å². The Balaban J connectivity index is 4.11. The van der Waals surface area contributed by atoms with E-state index in [-0.39, 0.29) is 6.10 Å². The summed E-state index contributed by atoms with van der Waals surface area (Å²) < 4.78 is 6.82. The van der Waals surface area contributed by atoms with Crippen LogP contribution in [0.1, 0.15) is 20.8 Å². The van der Waals surface area contributed by atoms with Gasteiger partial charge in [-0.25, -0.2) is 0 Å². The molecule has 15 heavy (non-hydrogen) atoms. The standard InChI is InChI=1S/C12H23BrOSi/c1-7-11(13)8-10(2)14-9-12(3,4)15(5)6/h7-8,10,15H,1,9H2,2-6H3/b11-8-/t10-/m0/s1. The molecule has 0 saturated carbocycles. The lowest BCUT2D eigenvalue weighted by Crippen LogP contribution is -2.27. The quantitative estimate of drug-likeness (QED) is 0.528. The third kappa shape index (κ3) is 6.33. The Hall–Kier alpha value is 0.137. The maximum Gasteiger partial charge on any atom is 0.0741 e. The van der Waals surface area contributed by atoms with E-state index in [1.807, 2.05) is 6.08 Å². The Morgan fingerprint density at radius 3 is 2.47 bits per heavy atom. The summed E-state index contributed by atoms with van der Waals surface area (Å²) in [6.07, 6.45) is 3.96. The van der Waals surface area contributed by atoms with Crippen molar-refractivity contribution < 1.29 is 4.74 Å². The van der Waals surface area contributed by atoms with Crippen molar-refractivity contribution in [3.8, 4) is 0 Å². The highest BCUT2D eigenvalue weighted by molar-refractivity contribution is 9.11. The van der Waals surface area contributed by atoms with Crippen LogP contribution >= 0.6 is 15.9 Å². The number of allylic oxidation sites excluding steroid dienone is 2. The number of halogens is 1. The molecular formula is C12H23BrOSi. The second-order valence-electron chi connectivity index (χ2n) is 4.92. The smallest absolute Gasteiger partial charge is 0.0741 e. The molecule has 0 radical (unpaired) electrons. The summed E-state index contributed by atoms with van der Waals surface area (Å²) in [5.74, 6) is 0. The predicted molar refractivity (Wildman–Crippen MR) is 75.5 cm³/mol. The summed E-state index contributed by atoms with van der Waals surface area (Å²) in [7, 11) is -0.659. The lowest BCUT2D eigenvalue weighted by molar-refractivity contribution is 0.0794. The molecule has 0 saturated heterocycles. The first kappa shape index (κ1) is 15.1. The van der Waals surface area contributed by atoms with Crippen LogP contribution in [0.4, 0.5) is 0 Å². The maximum atomic E-state index is 5.82. The molecule has 0 spiro atoms. The molecule has 0 aromatic carbocycles. The molecule has 3 heteroatoms. The summed E-state index contributed by atoms with van der Waals surface area (Å²) >= 11 is 3.40. The molecule has 1 nitrogen and oxygen atoms in total. The van der Waals surface area contributed by atoms with Crippen molar-refractivity contribution in [3.63, 3.8) is 0 Å². The van der Waals surface area contributed by atoms with Gasteiger partial charge in [-0.2, -0.15) is 0 Å². The van der Waals surface area contributed by atoms with E-state index in [9.17, 15) is 0 Å². The minimum Gasteiger partial charge on any atom is -0.374 e. The van der Waals surface area contributed by atoms with Gasteiger partial charge in [-0.05, 0) is 18.0 Å². The van der Waals surface area contributed by atoms with Crippen molar-refractivity contribution in [1.29, 1.82) is 0 Å². The Morgan fingerprint density at radius 2 is 2.07 bits per heavy atom. The third-order valence-electron chi connectivity index (χ3n) is 2.87. The van der Waals surface area contributed by atoms with E-state index in [2.05, 4.69) is 56.4 Å². The van der Waals surface area contributed by atoms with Gasteiger partial charge in [0.25, 0.3) is 0 Å². The van der Waals surface area contributed by atoms with E-state index < -0.39 is 8.80 Å². The van der Waals surface area contributed by atoms with Gasteiger partial charge in [-0.15, -0.1) is 0 Å². The summed E-state index contributed by atoms with van der Waals surface area (Å²) in [5.41, 5.74) is 0. The van der Waals surface area contributed by atoms with Gasteiger partial charge in [0.1, 0.15) is 0 Å². The number of ether oxygens (including phenoxy) is 1. The molecule has 88 valence electrons. The molecule has 0 amide bonds. The SMILES string of the molecule is C=C/C(Br)=C/[C@H](C)OCC(C)(C)[SiH](C)C. The normalized spacial score (nSPS) is 15.5. The zero-order valence-corrected chi connectivity index (χ0v) is 13.3. The fraction of sp³-hybridized carbons (Fsp3) is 0.667. The van der Waals surface area contributed by atoms with E-state index in [0.29, 0.717) is 5.04 Å². The molecule has 0 bridgehead atoms. The number of hydrogen-bond donors (Lipinski definition) is 0. The minimum absolute atomic E-state index is 0.143. The zero-order chi connectivity index (χ0) is 12.1. The zero-order valence-electron chi connectivity index (χ0n) is 10.5. The van der Waals surface area contributed by atoms with E-state index in [1.54, 1.807) is 6.08 Å². The molecule has 0 aliphatic carbocycles. The molecule has 0 aromatic heterocycles. The molecule has 0 fully saturated rings. The summed E-state index contributed by atoms with van der Waals surface area (Å²) in [6, 6.07) is 0. The van der Waals surface area contributed by atoms with Crippen molar-refractivity contribution in [3.05, 3.63) is 23.2 Å². The van der Waals surface area contributed by atoms with Crippen LogP contribution in [0.2, 0.25) is 18.1 Å². The largest absolute Gasteiger partial charge is 0.374 e. The van der Waals surface area contributed by atoms with E-state index in [0.717, 1.165) is 11.1 Å². The van der Waals surface area contributed by atoms with Crippen molar-refractivity contribution >= 4 is 24.7 Å². The molecule has 0 aromatic rings. The van der Waals surface area contributed by atoms with Gasteiger partial charge in [0.15, 0.2) is 0 Å². The molecule has 0 heterocycles. The first-order valence-corrected chi connectivity index (χ1v) is 9.09. The second kappa shape index (κ2) is 6.66. The lowest BCUT2D eigenvalue weighted by Gasteiger charge is -2.29. The highest BCUT2D eigenvalue weighted by atomic mass is 79.9. The number of hydrogen-bond acceptors (Lipinski definition) is 1. The first-order chi connectivity index (χ1) is 6.79. The highest BCUT2D eigenvalue weighted by Gasteiger charge is 2.24. The Labute approximate surface area is 104 Å². The summed E-state index contributed by atoms with van der Waals surface area (Å²) in [6.45, 7) is 15.9. The lowest BCUT2D eigenvalue weighted by atomic mass is 10.2. The topological polar surface area (TPSA) is 9.23 Å². The van der Waals surface area contributed by atoms with Crippen LogP contribution in [0.25, 0.3) is 0 Å². The van der Waals surface area contributed by atoms with Crippen LogP contribution in [-0.2, 0) is 4.74 Å². The Bertz CT molecular complexity index is 234. The van der Waals surface area contributed by atoms with Crippen LogP contribution in [-0.4, -0.2) is 21.5 Å². The highest BCUT2D eigenvalue weighted by Crippen LogP contribution is 2.29. The average Bonchev–Trinajstić information content (AvgIpc) is 2.14. The van der Waals surface area contributed by atoms with Crippen LogP contribution in [0.3, 0.4) is 0 Å².